The summed E-state index contributed by atoms with van der Waals surface area (Å²) >= 11 is 5.86. The zero-order valence-electron chi connectivity index (χ0n) is 8.82. The topological polar surface area (TPSA) is 52.1 Å². The second kappa shape index (κ2) is 4.06. The number of benzene rings is 1. The molecule has 0 saturated heterocycles. The van der Waals surface area contributed by atoms with Crippen LogP contribution in [-0.2, 0) is 4.74 Å². The lowest BCUT2D eigenvalue weighted by atomic mass is 10.2. The molecule has 2 rings (SSSR count). The Labute approximate surface area is 97.2 Å². The molecular formula is C11H9ClN2O2. The first-order chi connectivity index (χ1) is 7.61. The third-order valence-corrected chi connectivity index (χ3v) is 2.56. The molecule has 0 fully saturated rings. The van der Waals surface area contributed by atoms with Crippen LogP contribution < -0.4 is 0 Å². The van der Waals surface area contributed by atoms with E-state index in [9.17, 15) is 4.79 Å². The number of methoxy groups -OCH3 is 1. The fourth-order valence-corrected chi connectivity index (χ4v) is 1.50. The van der Waals surface area contributed by atoms with E-state index in [0.717, 1.165) is 0 Å². The number of nitrogens with zero attached hydrogens (tertiary/aromatic N) is 2. The molecule has 82 valence electrons. The van der Waals surface area contributed by atoms with E-state index in [0.29, 0.717) is 27.4 Å². The first-order valence-corrected chi connectivity index (χ1v) is 5.02. The molecule has 0 atom stereocenters. The maximum absolute atomic E-state index is 11.3. The third-order valence-electron chi connectivity index (χ3n) is 2.20. The SMILES string of the molecule is COC(=O)c1ccc2nc(C)c(Cl)nc2c1. The molecule has 0 aliphatic carbocycles. The van der Waals surface area contributed by atoms with Crippen LogP contribution in [0.1, 0.15) is 16.1 Å². The normalized spacial score (nSPS) is 10.4. The van der Waals surface area contributed by atoms with Gasteiger partial charge in [-0.25, -0.2) is 14.8 Å². The van der Waals surface area contributed by atoms with Gasteiger partial charge in [0.15, 0.2) is 5.15 Å². The zero-order valence-corrected chi connectivity index (χ0v) is 9.58. The predicted molar refractivity (Wildman–Crippen MR) is 60.6 cm³/mol. The number of fused-ring (bicyclic) bond motifs is 1. The van der Waals surface area contributed by atoms with Gasteiger partial charge in [0.1, 0.15) is 0 Å². The summed E-state index contributed by atoms with van der Waals surface area (Å²) in [4.78, 5) is 19.7. The molecule has 0 aliphatic heterocycles. The van der Waals surface area contributed by atoms with Gasteiger partial charge in [0.05, 0.1) is 29.4 Å². The van der Waals surface area contributed by atoms with Crippen molar-refractivity contribution < 1.29 is 9.53 Å². The van der Waals surface area contributed by atoms with Gasteiger partial charge in [0.2, 0.25) is 0 Å². The van der Waals surface area contributed by atoms with E-state index in [-0.39, 0.29) is 0 Å². The van der Waals surface area contributed by atoms with Crippen molar-refractivity contribution in [2.75, 3.05) is 7.11 Å². The number of aromatic nitrogens is 2. The average Bonchev–Trinajstić information content (AvgIpc) is 2.29. The van der Waals surface area contributed by atoms with E-state index in [1.165, 1.54) is 7.11 Å². The fourth-order valence-electron chi connectivity index (χ4n) is 1.37. The molecule has 0 spiro atoms. The second-order valence-electron chi connectivity index (χ2n) is 3.29. The molecule has 1 aromatic heterocycles. The molecule has 0 amide bonds. The Hall–Kier alpha value is -1.68. The highest BCUT2D eigenvalue weighted by Gasteiger charge is 2.08. The van der Waals surface area contributed by atoms with Gasteiger partial charge in [-0.05, 0) is 25.1 Å². The lowest BCUT2D eigenvalue weighted by Crippen LogP contribution is -2.01. The van der Waals surface area contributed by atoms with Gasteiger partial charge >= 0.3 is 5.97 Å². The van der Waals surface area contributed by atoms with Crippen LogP contribution in [0, 0.1) is 6.92 Å². The van der Waals surface area contributed by atoms with E-state index < -0.39 is 5.97 Å². The van der Waals surface area contributed by atoms with Crippen molar-refractivity contribution in [1.29, 1.82) is 0 Å². The Kier molecular flexibility index (Phi) is 2.75. The van der Waals surface area contributed by atoms with Crippen molar-refractivity contribution in [2.24, 2.45) is 0 Å². The minimum Gasteiger partial charge on any atom is -0.465 e. The monoisotopic (exact) mass is 236 g/mol. The number of ether oxygens (including phenoxy) is 1. The van der Waals surface area contributed by atoms with E-state index in [4.69, 9.17) is 11.6 Å². The maximum atomic E-state index is 11.3. The van der Waals surface area contributed by atoms with Crippen LogP contribution in [0.15, 0.2) is 18.2 Å². The number of aryl methyl sites for hydroxylation is 1. The minimum absolute atomic E-state index is 0.342. The Bertz CT molecular complexity index is 569. The summed E-state index contributed by atoms with van der Waals surface area (Å²) in [5.41, 5.74) is 2.39. The first kappa shape index (κ1) is 10.8. The molecular weight excluding hydrogens is 228 g/mol. The average molecular weight is 237 g/mol. The van der Waals surface area contributed by atoms with Gasteiger partial charge in [-0.3, -0.25) is 0 Å². The number of carbonyl (C=O) groups excluding carboxylic acids is 1. The van der Waals surface area contributed by atoms with Crippen LogP contribution in [0.4, 0.5) is 0 Å². The number of esters is 1. The molecule has 0 bridgehead atoms. The first-order valence-electron chi connectivity index (χ1n) is 4.64. The number of halogens is 1. The molecule has 0 aliphatic rings. The van der Waals surface area contributed by atoms with Gasteiger partial charge in [-0.1, -0.05) is 11.6 Å². The largest absolute Gasteiger partial charge is 0.465 e. The highest BCUT2D eigenvalue weighted by Crippen LogP contribution is 2.17. The Morgan fingerprint density at radius 3 is 2.75 bits per heavy atom. The van der Waals surface area contributed by atoms with Crippen LogP contribution in [0.2, 0.25) is 5.15 Å². The summed E-state index contributed by atoms with van der Waals surface area (Å²) in [6.45, 7) is 1.78. The molecule has 0 N–H and O–H groups in total. The van der Waals surface area contributed by atoms with Gasteiger partial charge in [0.25, 0.3) is 0 Å². The van der Waals surface area contributed by atoms with E-state index in [1.807, 2.05) is 0 Å². The third kappa shape index (κ3) is 1.84. The van der Waals surface area contributed by atoms with Gasteiger partial charge in [0, 0.05) is 0 Å². The summed E-state index contributed by atoms with van der Waals surface area (Å²) < 4.78 is 4.62. The standard InChI is InChI=1S/C11H9ClN2O2/c1-6-10(12)14-9-5-7(11(15)16-2)3-4-8(9)13-6/h3-5H,1-2H3. The van der Waals surface area contributed by atoms with Crippen molar-refractivity contribution in [3.05, 3.63) is 34.6 Å². The molecule has 1 aromatic carbocycles. The van der Waals surface area contributed by atoms with Crippen LogP contribution in [0.25, 0.3) is 11.0 Å². The molecule has 1 heterocycles. The quantitative estimate of drug-likeness (QED) is 0.714. The predicted octanol–water partition coefficient (Wildman–Crippen LogP) is 2.38. The van der Waals surface area contributed by atoms with Gasteiger partial charge in [-0.2, -0.15) is 0 Å². The summed E-state index contributed by atoms with van der Waals surface area (Å²) in [6, 6.07) is 4.98. The van der Waals surface area contributed by atoms with Gasteiger partial charge < -0.3 is 4.74 Å². The maximum Gasteiger partial charge on any atom is 0.337 e. The lowest BCUT2D eigenvalue weighted by Gasteiger charge is -2.03. The molecule has 2 aromatic rings. The number of hydrogen-bond donors (Lipinski definition) is 0. The van der Waals surface area contributed by atoms with Crippen molar-refractivity contribution >= 4 is 28.6 Å². The Morgan fingerprint density at radius 1 is 1.31 bits per heavy atom. The fraction of sp³-hybridized carbons (Fsp3) is 0.182. The molecule has 0 saturated carbocycles. The number of hydrogen-bond acceptors (Lipinski definition) is 4. The Morgan fingerprint density at radius 2 is 2.06 bits per heavy atom. The summed E-state index contributed by atoms with van der Waals surface area (Å²) in [5, 5.41) is 0.342. The molecule has 4 nitrogen and oxygen atoms in total. The smallest absolute Gasteiger partial charge is 0.337 e. The summed E-state index contributed by atoms with van der Waals surface area (Å²) in [7, 11) is 1.33. The van der Waals surface area contributed by atoms with Crippen molar-refractivity contribution in [3.8, 4) is 0 Å². The summed E-state index contributed by atoms with van der Waals surface area (Å²) in [5.74, 6) is -0.402. The van der Waals surface area contributed by atoms with Gasteiger partial charge in [-0.15, -0.1) is 0 Å². The van der Waals surface area contributed by atoms with Crippen LogP contribution in [-0.4, -0.2) is 23.0 Å². The van der Waals surface area contributed by atoms with E-state index >= 15 is 0 Å². The number of rotatable bonds is 1. The molecule has 5 heteroatoms. The van der Waals surface area contributed by atoms with Crippen LogP contribution in [0.3, 0.4) is 0 Å². The van der Waals surface area contributed by atoms with E-state index in [2.05, 4.69) is 14.7 Å². The van der Waals surface area contributed by atoms with Crippen molar-refractivity contribution in [2.45, 2.75) is 6.92 Å². The highest BCUT2D eigenvalue weighted by atomic mass is 35.5. The van der Waals surface area contributed by atoms with Crippen LogP contribution in [0.5, 0.6) is 0 Å². The summed E-state index contributed by atoms with van der Waals surface area (Å²) in [6.07, 6.45) is 0. The minimum atomic E-state index is -0.402. The molecule has 16 heavy (non-hydrogen) atoms. The number of carbonyl (C=O) groups is 1. The molecule has 0 unspecified atom stereocenters. The molecule has 0 radical (unpaired) electrons. The zero-order chi connectivity index (χ0) is 11.7. The second-order valence-corrected chi connectivity index (χ2v) is 3.65. The lowest BCUT2D eigenvalue weighted by molar-refractivity contribution is 0.0601. The highest BCUT2D eigenvalue weighted by molar-refractivity contribution is 6.30. The van der Waals surface area contributed by atoms with Crippen molar-refractivity contribution in [3.63, 3.8) is 0 Å². The van der Waals surface area contributed by atoms with Crippen LogP contribution >= 0.6 is 11.6 Å². The van der Waals surface area contributed by atoms with Crippen molar-refractivity contribution in [1.82, 2.24) is 9.97 Å². The Balaban J connectivity index is 2.62. The van der Waals surface area contributed by atoms with E-state index in [1.54, 1.807) is 25.1 Å².